The van der Waals surface area contributed by atoms with Crippen LogP contribution < -0.4 is 102 Å². The minimum atomic E-state index is -1.67. The standard InChI is InChI=1S/C28H50N6O14.C27H52N6O14.C25H48N6O14/c1-2-3-4-14(36)34-7-12-19(39)21(41)16(33)27(44-12)47-24-13(8-35)45-28(22(24)42)48-25-17(37)9(30)5-10(31)23(25)46-26-15(32)20(40)18(38)11(6-29)43-26;1-7(2)24(41)33-5-11-17(37)19(39)14(32)26(43-11)46-22-12(6-34)44-27(20(22)40)47-23-15(35)8(29)3-9(30)21(23)45-25-13(31)18(38)16(36)10(4-28)42-25;1-6(33)31-4-10-16(36)18(38)13(30)24(41-10)44-21-11(5-32)42-25(19(21)39)45-22-14(34)7(27)2-8(28)20(22)43-23-12(29)17(37)15(35)9(3-26)40-23/h1,9-13,15-28,35,37-42H,3-8,29-33H2,(H,34,36);7-23,25-27,34-40H,3-6,28-32H2,1-2H3,(H,33,41);7-25,32,34-39H,2-5,26-30H2,1H3,(H,31,33)/t9-,10?,11?,12?,13-,15?,16?,17?,18-,19-,20-,21+,22?,23-,24+,25-,26-,27-,28+;8-,9?,10?,11?,12-,13?,14?,15?,16-,17-,18-,19+,20?,21-,22+,23-,25-,26-,27+;7-,8?,9?,10?,11-,12?,13?,14?,15-,16-,17-,18+,19?,20-,21+,22-,23-,24-,25+/m111/s1. The summed E-state index contributed by atoms with van der Waals surface area (Å²) in [6.45, 7) is 1.44. The van der Waals surface area contributed by atoms with E-state index in [-0.39, 0.29) is 83.2 Å². The predicted octanol–water partition coefficient (Wildman–Crippen LogP) is -25.1. The van der Waals surface area contributed by atoms with Gasteiger partial charge in [-0.3, -0.25) is 14.4 Å². The van der Waals surface area contributed by atoms with Crippen LogP contribution in [0.3, 0.4) is 0 Å². The number of amides is 3. The minimum absolute atomic E-state index is 0.0314. The Hall–Kier alpha value is -4.19. The van der Waals surface area contributed by atoms with Gasteiger partial charge in [0.1, 0.15) is 201 Å². The number of aliphatic hydroxyl groups excluding tert-OH is 21. The number of carbonyl (C=O) groups excluding carboxylic acids is 3. The van der Waals surface area contributed by atoms with Crippen LogP contribution in [0.15, 0.2) is 0 Å². The third kappa shape index (κ3) is 27.2. The number of nitrogens with two attached hydrogens (primary N) is 15. The molecule has 21 unspecified atom stereocenters. The summed E-state index contributed by atoms with van der Waals surface area (Å²) in [6, 6.07) is -13.0. The molecule has 60 nitrogen and oxygen atoms in total. The lowest BCUT2D eigenvalue weighted by Crippen LogP contribution is -2.68. The molecule has 812 valence electrons. The Morgan fingerprint density at radius 2 is 0.521 bits per heavy atom. The summed E-state index contributed by atoms with van der Waals surface area (Å²) >= 11 is 0. The molecule has 3 aliphatic carbocycles. The lowest BCUT2D eigenvalue weighted by atomic mass is 9.84. The third-order valence-corrected chi connectivity index (χ3v) is 27.0. The third-order valence-electron chi connectivity index (χ3n) is 27.0. The number of hydrogen-bond acceptors (Lipinski definition) is 57. The van der Waals surface area contributed by atoms with Crippen LogP contribution in [-0.4, -0.2) is 533 Å². The van der Waals surface area contributed by atoms with Crippen LogP contribution in [-0.2, 0) is 99.6 Å². The van der Waals surface area contributed by atoms with E-state index in [1.54, 1.807) is 13.8 Å². The number of hydrogen-bond donors (Lipinski definition) is 39. The Morgan fingerprint density at radius 3 is 0.757 bits per heavy atom. The molecule has 60 heteroatoms. The average Bonchev–Trinajstić information content (AvgIpc) is 1.57. The molecule has 3 amide bonds. The SMILES string of the molecule is C#CCCC(=O)NCC1O[C@H](O[C@@H]2C(O)[C@H](O[C@@H]3C(O)[C@H](N)CC(N)[C@H]3O[C@H]3OC(CN)[C@@H](O)[C@H](O)C3N)O[C@@H]2CO)C(N)[C@H](O)[C@@H]1O.CC(=O)NCC1O[C@H](O[C@@H]2C(O)[C@H](O[C@@H]3C(O)[C@H](N)CC(N)[C@H]3O[C@H]3OC(CN)[C@@H](O)[C@H](O)C3N)O[C@@H]2CO)C(N)[C@H](O)[C@@H]1O.CC(C)C(=O)NCC1O[C@H](O[C@@H]2C(O)[C@H](O[C@@H]3C(O)[C@H](N)CC(N)[C@H]3O[C@H]3OC(CN)[C@@H](O)[C@H](O)C3N)O[C@@H]2CO)C(N)[C@H](O)[C@@H]1O. The average molecular weight is 2040 g/mol. The number of ether oxygens (including phenoxy) is 18. The van der Waals surface area contributed by atoms with Crippen LogP contribution in [0.1, 0.15) is 52.9 Å². The first-order valence-corrected chi connectivity index (χ1v) is 46.3. The van der Waals surface area contributed by atoms with Gasteiger partial charge in [-0.15, -0.1) is 12.3 Å². The van der Waals surface area contributed by atoms with Gasteiger partial charge in [0.05, 0.1) is 74.4 Å². The quantitative estimate of drug-likeness (QED) is 0.0271. The fourth-order valence-electron chi connectivity index (χ4n) is 18.3. The van der Waals surface area contributed by atoms with Crippen molar-refractivity contribution in [1.29, 1.82) is 0 Å². The monoisotopic (exact) mass is 2040 g/mol. The van der Waals surface area contributed by atoms with Crippen molar-refractivity contribution < 1.29 is 207 Å². The fraction of sp³-hybridized carbons (Fsp3) is 0.938. The van der Waals surface area contributed by atoms with Crippen LogP contribution in [0, 0.1) is 18.3 Å². The van der Waals surface area contributed by atoms with Crippen molar-refractivity contribution in [1.82, 2.24) is 16.0 Å². The van der Waals surface area contributed by atoms with Crippen LogP contribution in [0.2, 0.25) is 0 Å². The van der Waals surface area contributed by atoms with Crippen molar-refractivity contribution in [2.45, 2.75) is 402 Å². The molecule has 9 aliphatic heterocycles. The molecule has 54 N–H and O–H groups in total. The van der Waals surface area contributed by atoms with E-state index in [1.165, 1.54) is 6.92 Å². The highest BCUT2D eigenvalue weighted by Crippen LogP contribution is 2.41. The Labute approximate surface area is 802 Å². The number of nitrogens with one attached hydrogen (secondary N) is 3. The van der Waals surface area contributed by atoms with Crippen molar-refractivity contribution >= 4 is 17.7 Å². The summed E-state index contributed by atoms with van der Waals surface area (Å²) in [5, 5.41) is 229. The van der Waals surface area contributed by atoms with E-state index in [0.717, 1.165) is 0 Å². The second-order valence-electron chi connectivity index (χ2n) is 37.4. The Morgan fingerprint density at radius 1 is 0.300 bits per heavy atom. The van der Waals surface area contributed by atoms with E-state index in [9.17, 15) is 122 Å². The first-order chi connectivity index (χ1) is 66.0. The summed E-state index contributed by atoms with van der Waals surface area (Å²) < 4.78 is 105. The van der Waals surface area contributed by atoms with Crippen molar-refractivity contribution in [2.24, 2.45) is 91.9 Å². The van der Waals surface area contributed by atoms with E-state index >= 15 is 0 Å². The Balaban J connectivity index is 0.000000216. The van der Waals surface area contributed by atoms with Gasteiger partial charge >= 0.3 is 0 Å². The predicted molar refractivity (Wildman–Crippen MR) is 466 cm³/mol. The van der Waals surface area contributed by atoms with Crippen molar-refractivity contribution in [3.8, 4) is 12.3 Å². The molecule has 9 heterocycles. The summed E-state index contributed by atoms with van der Waals surface area (Å²) in [7, 11) is 0. The number of aliphatic hydroxyl groups is 21. The zero-order chi connectivity index (χ0) is 104. The normalized spacial score (nSPS) is 49.4. The minimum Gasteiger partial charge on any atom is -0.394 e. The molecule has 0 aromatic heterocycles. The molecular formula is C80H150N18O42. The summed E-state index contributed by atoms with van der Waals surface area (Å²) in [4.78, 5) is 35.4. The molecule has 0 spiro atoms. The first-order valence-electron chi connectivity index (χ1n) is 46.3. The van der Waals surface area contributed by atoms with Crippen molar-refractivity contribution in [3.05, 3.63) is 0 Å². The molecule has 0 bridgehead atoms. The molecule has 57 atom stereocenters. The topological polar surface area (TPSA) is 1070 Å². The van der Waals surface area contributed by atoms with Gasteiger partial charge in [-0.05, 0) is 19.3 Å². The van der Waals surface area contributed by atoms with E-state index in [1.807, 2.05) is 0 Å². The van der Waals surface area contributed by atoms with E-state index in [4.69, 9.17) is 178 Å². The number of carbonyl (C=O) groups is 3. The van der Waals surface area contributed by atoms with Crippen molar-refractivity contribution in [2.75, 3.05) is 59.1 Å². The highest BCUT2D eigenvalue weighted by Gasteiger charge is 2.61. The second kappa shape index (κ2) is 52.3. The van der Waals surface area contributed by atoms with Crippen LogP contribution in [0.5, 0.6) is 0 Å². The zero-order valence-corrected chi connectivity index (χ0v) is 77.1. The molecule has 0 aromatic carbocycles. The maximum absolute atomic E-state index is 12.1. The molecular weight excluding hydrogens is 1880 g/mol. The summed E-state index contributed by atoms with van der Waals surface area (Å²) in [5.41, 5.74) is 90.6. The number of terminal acetylenes is 1. The van der Waals surface area contributed by atoms with Gasteiger partial charge in [0, 0.05) is 101 Å². The number of rotatable bonds is 33. The smallest absolute Gasteiger partial charge is 0.222 e. The fourth-order valence-corrected chi connectivity index (χ4v) is 18.3. The van der Waals surface area contributed by atoms with E-state index < -0.39 is 380 Å². The Bertz CT molecular complexity index is 3830. The lowest BCUT2D eigenvalue weighted by Gasteiger charge is -2.47. The highest BCUT2D eigenvalue weighted by atomic mass is 16.8. The first kappa shape index (κ1) is 118. The summed E-state index contributed by atoms with van der Waals surface area (Å²) in [6.07, 6.45) is -56.4. The molecule has 12 aliphatic rings. The highest BCUT2D eigenvalue weighted by molar-refractivity contribution is 5.78. The lowest BCUT2D eigenvalue weighted by molar-refractivity contribution is -0.307. The maximum Gasteiger partial charge on any atom is 0.222 e. The summed E-state index contributed by atoms with van der Waals surface area (Å²) in [5.74, 6) is 0.834. The largest absolute Gasteiger partial charge is 0.394 e. The molecule has 0 aromatic rings. The molecule has 12 rings (SSSR count). The zero-order valence-electron chi connectivity index (χ0n) is 77.1. The van der Waals surface area contributed by atoms with E-state index in [0.29, 0.717) is 0 Å². The van der Waals surface area contributed by atoms with Gasteiger partial charge in [0.15, 0.2) is 56.6 Å². The van der Waals surface area contributed by atoms with Gasteiger partial charge in [-0.2, -0.15) is 0 Å². The van der Waals surface area contributed by atoms with Crippen LogP contribution in [0.25, 0.3) is 0 Å². The maximum atomic E-state index is 12.1. The molecule has 3 saturated carbocycles. The van der Waals surface area contributed by atoms with Crippen LogP contribution in [0.4, 0.5) is 0 Å². The van der Waals surface area contributed by atoms with Gasteiger partial charge in [0.25, 0.3) is 0 Å². The molecule has 0 radical (unpaired) electrons. The van der Waals surface area contributed by atoms with Gasteiger partial charge < -0.3 is 294 Å². The molecule has 12 fully saturated rings. The van der Waals surface area contributed by atoms with Crippen molar-refractivity contribution in [3.63, 3.8) is 0 Å². The second-order valence-corrected chi connectivity index (χ2v) is 37.4. The van der Waals surface area contributed by atoms with Gasteiger partial charge in [0.2, 0.25) is 17.7 Å². The molecule has 140 heavy (non-hydrogen) atoms. The van der Waals surface area contributed by atoms with Gasteiger partial charge in [-0.25, -0.2) is 0 Å². The molecule has 9 saturated heterocycles. The Kier molecular flexibility index (Phi) is 44.0. The van der Waals surface area contributed by atoms with E-state index in [2.05, 4.69) is 21.9 Å². The van der Waals surface area contributed by atoms with Gasteiger partial charge in [-0.1, -0.05) is 13.8 Å². The van der Waals surface area contributed by atoms with Crippen LogP contribution >= 0.6 is 0 Å².